The zero-order chi connectivity index (χ0) is 31.2. The lowest BCUT2D eigenvalue weighted by Gasteiger charge is -2.53. The molecule has 0 radical (unpaired) electrons. The zero-order valence-electron chi connectivity index (χ0n) is 25.4. The molecule has 4 unspecified atom stereocenters. The topological polar surface area (TPSA) is 83.0 Å². The molecule has 236 valence electrons. The molecule has 1 saturated carbocycles. The molecule has 2 N–H and O–H groups in total. The highest BCUT2D eigenvalue weighted by atomic mass is 19.1. The Morgan fingerprint density at radius 1 is 1.09 bits per heavy atom. The van der Waals surface area contributed by atoms with Crippen LogP contribution in [0.25, 0.3) is 32.8 Å². The predicted octanol–water partition coefficient (Wildman–Crippen LogP) is 4.99. The van der Waals surface area contributed by atoms with Crippen molar-refractivity contribution in [3.05, 3.63) is 53.6 Å². The number of nitrogens with zero attached hydrogens (tertiary/aromatic N) is 4. The van der Waals surface area contributed by atoms with Crippen LogP contribution in [0.2, 0.25) is 0 Å². The Kier molecular flexibility index (Phi) is 6.43. The Hall–Kier alpha value is -4.04. The van der Waals surface area contributed by atoms with Gasteiger partial charge in [0, 0.05) is 71.1 Å². The lowest BCUT2D eigenvalue weighted by atomic mass is 9.89. The lowest BCUT2D eigenvalue weighted by molar-refractivity contribution is -0.135. The van der Waals surface area contributed by atoms with E-state index in [0.717, 1.165) is 45.4 Å². The SMILES string of the molecule is C#Cc1cccc2cc(O)cc(-c3c(F)cc4c(N5CC6CCC(C5)N6)nc(OCC5(CN6C7COCC6C7)CC5)nc4c3F)c12. The molecular weight excluding hydrogens is 588 g/mol. The van der Waals surface area contributed by atoms with Gasteiger partial charge in [-0.05, 0) is 61.8 Å². The number of aromatic hydroxyl groups is 1. The van der Waals surface area contributed by atoms with Crippen molar-refractivity contribution in [3.8, 4) is 35.2 Å². The molecule has 46 heavy (non-hydrogen) atoms. The summed E-state index contributed by atoms with van der Waals surface area (Å²) in [6.45, 7) is 4.30. The van der Waals surface area contributed by atoms with Gasteiger partial charge in [-0.15, -0.1) is 6.42 Å². The first kappa shape index (κ1) is 28.2. The van der Waals surface area contributed by atoms with E-state index in [4.69, 9.17) is 20.9 Å². The third kappa shape index (κ3) is 4.59. The molecule has 1 aliphatic carbocycles. The lowest BCUT2D eigenvalue weighted by Crippen LogP contribution is -2.65. The normalized spacial score (nSPS) is 26.2. The molecule has 0 amide bonds. The highest BCUT2D eigenvalue weighted by molar-refractivity contribution is 6.04. The molecule has 5 fully saturated rings. The monoisotopic (exact) mass is 623 g/mol. The molecule has 9 rings (SSSR count). The number of hydrogen-bond acceptors (Lipinski definition) is 8. The number of morpholine rings is 1. The number of hydrogen-bond donors (Lipinski definition) is 2. The van der Waals surface area contributed by atoms with Crippen LogP contribution in [0.5, 0.6) is 11.8 Å². The van der Waals surface area contributed by atoms with Crippen molar-refractivity contribution in [2.75, 3.05) is 44.4 Å². The Morgan fingerprint density at radius 3 is 2.59 bits per heavy atom. The molecule has 0 spiro atoms. The van der Waals surface area contributed by atoms with Gasteiger partial charge in [0.15, 0.2) is 5.82 Å². The molecule has 4 bridgehead atoms. The van der Waals surface area contributed by atoms with E-state index < -0.39 is 11.6 Å². The average Bonchev–Trinajstić information content (AvgIpc) is 3.76. The van der Waals surface area contributed by atoms with E-state index in [-0.39, 0.29) is 45.9 Å². The number of phenols is 1. The van der Waals surface area contributed by atoms with Gasteiger partial charge in [-0.3, -0.25) is 4.90 Å². The smallest absolute Gasteiger partial charge is 0.319 e. The van der Waals surface area contributed by atoms with Crippen molar-refractivity contribution in [2.24, 2.45) is 5.41 Å². The Labute approximate surface area is 265 Å². The summed E-state index contributed by atoms with van der Waals surface area (Å²) >= 11 is 0. The van der Waals surface area contributed by atoms with E-state index in [1.807, 2.05) is 0 Å². The fraction of sp³-hybridized carbons (Fsp3) is 0.444. The van der Waals surface area contributed by atoms with Crippen molar-refractivity contribution in [2.45, 2.75) is 56.3 Å². The van der Waals surface area contributed by atoms with Crippen molar-refractivity contribution in [1.29, 1.82) is 0 Å². The van der Waals surface area contributed by atoms with Gasteiger partial charge in [0.1, 0.15) is 22.9 Å². The number of piperazine rings is 1. The second-order valence-corrected chi connectivity index (χ2v) is 13.9. The van der Waals surface area contributed by atoms with Crippen LogP contribution < -0.4 is 15.0 Å². The van der Waals surface area contributed by atoms with Gasteiger partial charge in [0.2, 0.25) is 0 Å². The first-order valence-corrected chi connectivity index (χ1v) is 16.3. The highest BCUT2D eigenvalue weighted by Crippen LogP contribution is 2.49. The maximum absolute atomic E-state index is 16.9. The van der Waals surface area contributed by atoms with Crippen molar-refractivity contribution in [1.82, 2.24) is 20.2 Å². The zero-order valence-corrected chi connectivity index (χ0v) is 25.4. The standard InChI is InChI=1S/C36H35F2N5O3/c1-2-20-4-3-5-21-10-26(44)12-27(30(20)21)31-29(37)13-28-33(32(31)38)40-35(41-34(28)42-14-22-6-7-23(15-42)39-22)46-19-36(8-9-36)18-43-24-11-25(43)17-45-16-24/h1,3-5,10,12-13,22-25,39,44H,6-9,11,14-19H2. The van der Waals surface area contributed by atoms with Gasteiger partial charge in [-0.25, -0.2) is 8.78 Å². The molecule has 10 heteroatoms. The molecule has 4 atom stereocenters. The summed E-state index contributed by atoms with van der Waals surface area (Å²) in [5, 5.41) is 15.6. The molecular formula is C36H35F2N5O3. The molecule has 5 heterocycles. The van der Waals surface area contributed by atoms with E-state index in [2.05, 4.69) is 26.0 Å². The second kappa shape index (κ2) is 10.5. The second-order valence-electron chi connectivity index (χ2n) is 13.9. The van der Waals surface area contributed by atoms with Crippen LogP contribution in [0.3, 0.4) is 0 Å². The fourth-order valence-electron chi connectivity index (χ4n) is 8.21. The van der Waals surface area contributed by atoms with E-state index in [1.54, 1.807) is 18.2 Å². The van der Waals surface area contributed by atoms with E-state index in [1.165, 1.54) is 24.6 Å². The first-order valence-electron chi connectivity index (χ1n) is 16.3. The number of phenolic OH excluding ortho intramolecular Hbond substituents is 1. The summed E-state index contributed by atoms with van der Waals surface area (Å²) in [4.78, 5) is 14.1. The number of halogens is 2. The maximum atomic E-state index is 16.9. The van der Waals surface area contributed by atoms with Crippen LogP contribution in [0.4, 0.5) is 14.6 Å². The van der Waals surface area contributed by atoms with Crippen LogP contribution in [-0.2, 0) is 4.74 Å². The van der Waals surface area contributed by atoms with Crippen molar-refractivity contribution >= 4 is 27.5 Å². The minimum Gasteiger partial charge on any atom is -0.508 e. The summed E-state index contributed by atoms with van der Waals surface area (Å²) in [7, 11) is 0. The molecule has 1 aromatic heterocycles. The summed E-state index contributed by atoms with van der Waals surface area (Å²) < 4.78 is 45.1. The summed E-state index contributed by atoms with van der Waals surface area (Å²) in [5.74, 6) is 1.37. The van der Waals surface area contributed by atoms with Gasteiger partial charge in [0.05, 0.1) is 25.4 Å². The van der Waals surface area contributed by atoms with Gasteiger partial charge in [-0.1, -0.05) is 18.1 Å². The van der Waals surface area contributed by atoms with Crippen LogP contribution in [0.1, 0.15) is 37.7 Å². The average molecular weight is 624 g/mol. The Balaban J connectivity index is 1.14. The summed E-state index contributed by atoms with van der Waals surface area (Å²) in [5.41, 5.74) is 0.347. The number of benzene rings is 3. The largest absolute Gasteiger partial charge is 0.508 e. The van der Waals surface area contributed by atoms with E-state index in [0.29, 0.717) is 59.3 Å². The van der Waals surface area contributed by atoms with E-state index in [9.17, 15) is 5.11 Å². The number of ether oxygens (including phenoxy) is 2. The minimum atomic E-state index is -0.838. The van der Waals surface area contributed by atoms with Gasteiger partial charge in [-0.2, -0.15) is 9.97 Å². The Bertz CT molecular complexity index is 1920. The Morgan fingerprint density at radius 2 is 1.87 bits per heavy atom. The number of terminal acetylenes is 1. The summed E-state index contributed by atoms with van der Waals surface area (Å²) in [6, 6.07) is 11.1. The number of aromatic nitrogens is 2. The number of fused-ring (bicyclic) bond motifs is 6. The van der Waals surface area contributed by atoms with Gasteiger partial charge >= 0.3 is 6.01 Å². The highest BCUT2D eigenvalue weighted by Gasteiger charge is 2.51. The quantitative estimate of drug-likeness (QED) is 0.279. The fourth-order valence-corrected chi connectivity index (χ4v) is 8.21. The van der Waals surface area contributed by atoms with Crippen molar-refractivity contribution < 1.29 is 23.4 Å². The molecule has 4 saturated heterocycles. The first-order chi connectivity index (χ1) is 22.4. The predicted molar refractivity (Wildman–Crippen MR) is 171 cm³/mol. The van der Waals surface area contributed by atoms with Crippen LogP contribution in [0, 0.1) is 29.4 Å². The molecule has 4 aliphatic heterocycles. The third-order valence-corrected chi connectivity index (χ3v) is 10.8. The van der Waals surface area contributed by atoms with E-state index >= 15 is 8.78 Å². The number of nitrogens with one attached hydrogen (secondary N) is 1. The number of anilines is 1. The minimum absolute atomic E-state index is 0.0134. The molecule has 3 aromatic carbocycles. The van der Waals surface area contributed by atoms with Crippen LogP contribution in [0.15, 0.2) is 36.4 Å². The van der Waals surface area contributed by atoms with Gasteiger partial charge < -0.3 is 24.8 Å². The third-order valence-electron chi connectivity index (χ3n) is 10.8. The summed E-state index contributed by atoms with van der Waals surface area (Å²) in [6.07, 6.45) is 11.2. The number of rotatable bonds is 7. The van der Waals surface area contributed by atoms with Crippen molar-refractivity contribution in [3.63, 3.8) is 0 Å². The maximum Gasteiger partial charge on any atom is 0.319 e. The van der Waals surface area contributed by atoms with Gasteiger partial charge in [0.25, 0.3) is 0 Å². The van der Waals surface area contributed by atoms with Crippen LogP contribution in [-0.4, -0.2) is 83.6 Å². The molecule has 5 aliphatic rings. The molecule has 4 aromatic rings. The van der Waals surface area contributed by atoms with Crippen LogP contribution >= 0.6 is 0 Å². The molecule has 8 nitrogen and oxygen atoms in total.